The lowest BCUT2D eigenvalue weighted by atomic mass is 10.0. The third-order valence-corrected chi connectivity index (χ3v) is 5.79. The average Bonchev–Trinajstić information content (AvgIpc) is 3.18. The van der Waals surface area contributed by atoms with Crippen LogP contribution in [0.3, 0.4) is 0 Å². The highest BCUT2D eigenvalue weighted by molar-refractivity contribution is 7.78. The van der Waals surface area contributed by atoms with Crippen LogP contribution in [0.25, 0.3) is 11.1 Å². The zero-order valence-electron chi connectivity index (χ0n) is 16.7. The Morgan fingerprint density at radius 1 is 0.933 bits per heavy atom. The van der Waals surface area contributed by atoms with Gasteiger partial charge in [-0.05, 0) is 67.0 Å². The zero-order chi connectivity index (χ0) is 21.3. The fourth-order valence-electron chi connectivity index (χ4n) is 3.12. The molecule has 0 aliphatic rings. The molecule has 0 aliphatic carbocycles. The molecule has 2 aromatic carbocycles. The molecule has 0 bridgehead atoms. The van der Waals surface area contributed by atoms with Gasteiger partial charge in [-0.15, -0.1) is 11.3 Å². The van der Waals surface area contributed by atoms with Crippen LogP contribution in [0.4, 0.5) is 14.5 Å². The van der Waals surface area contributed by atoms with E-state index in [2.05, 4.69) is 47.2 Å². The number of nitrogens with zero attached hydrogens (tertiary/aromatic N) is 1. The lowest BCUT2D eigenvalue weighted by Crippen LogP contribution is -1.92. The summed E-state index contributed by atoms with van der Waals surface area (Å²) in [6.07, 6.45) is 5.95. The fraction of sp³-hybridized carbons (Fsp3) is 0.240. The molecule has 1 aromatic heterocycles. The van der Waals surface area contributed by atoms with Crippen LogP contribution < -0.4 is 0 Å². The van der Waals surface area contributed by atoms with Crippen molar-refractivity contribution in [3.05, 3.63) is 75.5 Å². The minimum atomic E-state index is -0.645. The van der Waals surface area contributed by atoms with Crippen LogP contribution in [-0.4, -0.2) is 5.16 Å². The summed E-state index contributed by atoms with van der Waals surface area (Å²) in [5, 5.41) is 2.26. The topological polar surface area (TPSA) is 12.4 Å². The SMILES string of the molecule is CCCCCCc1ccc(C#Cc2cc(F)c(-c3ccc(N=C=S)cc3)c(F)c2)s1. The summed E-state index contributed by atoms with van der Waals surface area (Å²) in [6.45, 7) is 2.20. The van der Waals surface area contributed by atoms with Crippen molar-refractivity contribution in [2.45, 2.75) is 39.0 Å². The van der Waals surface area contributed by atoms with Gasteiger partial charge in [-0.3, -0.25) is 0 Å². The lowest BCUT2D eigenvalue weighted by Gasteiger charge is -2.06. The number of isothiocyanates is 1. The monoisotopic (exact) mass is 437 g/mol. The van der Waals surface area contributed by atoms with E-state index >= 15 is 0 Å². The first-order chi connectivity index (χ1) is 14.6. The van der Waals surface area contributed by atoms with Gasteiger partial charge in [-0.25, -0.2) is 8.78 Å². The smallest absolute Gasteiger partial charge is 0.135 e. The number of benzene rings is 2. The second kappa shape index (κ2) is 10.9. The van der Waals surface area contributed by atoms with Crippen LogP contribution in [0, 0.1) is 23.5 Å². The maximum absolute atomic E-state index is 14.6. The highest BCUT2D eigenvalue weighted by Crippen LogP contribution is 2.29. The van der Waals surface area contributed by atoms with Crippen molar-refractivity contribution in [1.29, 1.82) is 0 Å². The summed E-state index contributed by atoms with van der Waals surface area (Å²) in [5.74, 6) is 4.62. The van der Waals surface area contributed by atoms with Crippen molar-refractivity contribution >= 4 is 34.4 Å². The van der Waals surface area contributed by atoms with Crippen molar-refractivity contribution in [2.24, 2.45) is 4.99 Å². The van der Waals surface area contributed by atoms with Crippen molar-refractivity contribution in [1.82, 2.24) is 0 Å². The number of thiophene rings is 1. The molecule has 30 heavy (non-hydrogen) atoms. The van der Waals surface area contributed by atoms with Crippen molar-refractivity contribution < 1.29 is 8.78 Å². The van der Waals surface area contributed by atoms with Gasteiger partial charge in [-0.2, -0.15) is 4.99 Å². The molecular weight excluding hydrogens is 416 g/mol. The average molecular weight is 438 g/mol. The maximum Gasteiger partial charge on any atom is 0.135 e. The van der Waals surface area contributed by atoms with Gasteiger partial charge >= 0.3 is 0 Å². The van der Waals surface area contributed by atoms with E-state index in [0.29, 0.717) is 16.8 Å². The minimum absolute atomic E-state index is 0.0797. The van der Waals surface area contributed by atoms with E-state index in [0.717, 1.165) is 11.3 Å². The first-order valence-corrected chi connectivity index (χ1v) is 11.1. The van der Waals surface area contributed by atoms with E-state index in [1.165, 1.54) is 42.7 Å². The van der Waals surface area contributed by atoms with Crippen LogP contribution in [0.5, 0.6) is 0 Å². The van der Waals surface area contributed by atoms with Gasteiger partial charge < -0.3 is 0 Å². The van der Waals surface area contributed by atoms with E-state index in [-0.39, 0.29) is 5.56 Å². The summed E-state index contributed by atoms with van der Waals surface area (Å²) in [6, 6.07) is 13.1. The summed E-state index contributed by atoms with van der Waals surface area (Å²) >= 11 is 6.20. The molecule has 0 saturated carbocycles. The number of rotatable bonds is 7. The van der Waals surface area contributed by atoms with Gasteiger partial charge in [0, 0.05) is 10.4 Å². The summed E-state index contributed by atoms with van der Waals surface area (Å²) < 4.78 is 29.2. The van der Waals surface area contributed by atoms with E-state index in [1.54, 1.807) is 35.6 Å². The minimum Gasteiger partial charge on any atom is -0.206 e. The number of aryl methyl sites for hydroxylation is 1. The van der Waals surface area contributed by atoms with Gasteiger partial charge in [0.1, 0.15) is 11.6 Å². The number of hydrogen-bond acceptors (Lipinski definition) is 3. The highest BCUT2D eigenvalue weighted by Gasteiger charge is 2.13. The standard InChI is InChI=1S/C25H21F2NS2/c1-2-3-4-5-6-21-13-14-22(30-21)12-7-18-15-23(26)25(24(27)16-18)19-8-10-20(11-9-19)28-17-29/h8-11,13-16H,2-6H2,1H3. The van der Waals surface area contributed by atoms with E-state index in [4.69, 9.17) is 0 Å². The van der Waals surface area contributed by atoms with Crippen LogP contribution in [0.2, 0.25) is 0 Å². The molecule has 1 nitrogen and oxygen atoms in total. The quantitative estimate of drug-likeness (QED) is 0.158. The molecule has 152 valence electrons. The third-order valence-electron chi connectivity index (χ3n) is 4.64. The Hall–Kier alpha value is -2.64. The lowest BCUT2D eigenvalue weighted by molar-refractivity contribution is 0.589. The molecule has 0 atom stereocenters. The van der Waals surface area contributed by atoms with Crippen LogP contribution in [0.15, 0.2) is 53.5 Å². The number of thiocarbonyl (C=S) groups is 1. The van der Waals surface area contributed by atoms with Crippen molar-refractivity contribution in [3.63, 3.8) is 0 Å². The van der Waals surface area contributed by atoms with Gasteiger partial charge in [0.15, 0.2) is 0 Å². The molecule has 1 heterocycles. The molecule has 0 unspecified atom stereocenters. The molecule has 3 aromatic rings. The molecule has 0 spiro atoms. The van der Waals surface area contributed by atoms with E-state index in [1.807, 2.05) is 6.07 Å². The Morgan fingerprint density at radius 2 is 1.67 bits per heavy atom. The molecule has 3 rings (SSSR count). The molecule has 0 amide bonds. The highest BCUT2D eigenvalue weighted by atomic mass is 32.1. The molecule has 0 aliphatic heterocycles. The second-order valence-electron chi connectivity index (χ2n) is 6.89. The Labute approximate surface area is 185 Å². The number of unbranched alkanes of at least 4 members (excludes halogenated alkanes) is 3. The van der Waals surface area contributed by atoms with E-state index in [9.17, 15) is 8.78 Å². The number of aliphatic imine (C=N–C) groups is 1. The third kappa shape index (κ3) is 5.93. The summed E-state index contributed by atoms with van der Waals surface area (Å²) in [7, 11) is 0. The van der Waals surface area contributed by atoms with Gasteiger partial charge in [-0.1, -0.05) is 50.2 Å². The number of halogens is 2. The number of hydrogen-bond donors (Lipinski definition) is 0. The Morgan fingerprint density at radius 3 is 2.33 bits per heavy atom. The Balaban J connectivity index is 1.75. The van der Waals surface area contributed by atoms with Gasteiger partial charge in [0.05, 0.1) is 21.3 Å². The molecule has 0 N–H and O–H groups in total. The van der Waals surface area contributed by atoms with Gasteiger partial charge in [0.2, 0.25) is 0 Å². The molecular formula is C25H21F2NS2. The molecule has 0 radical (unpaired) electrons. The second-order valence-corrected chi connectivity index (χ2v) is 8.24. The van der Waals surface area contributed by atoms with Gasteiger partial charge in [0.25, 0.3) is 0 Å². The Bertz CT molecular complexity index is 1090. The molecule has 0 fully saturated rings. The summed E-state index contributed by atoms with van der Waals surface area (Å²) in [5.41, 5.74) is 1.24. The Kier molecular flexibility index (Phi) is 8.04. The van der Waals surface area contributed by atoms with Crippen molar-refractivity contribution in [3.8, 4) is 23.0 Å². The predicted molar refractivity (Wildman–Crippen MR) is 125 cm³/mol. The normalized spacial score (nSPS) is 10.2. The largest absolute Gasteiger partial charge is 0.206 e. The fourth-order valence-corrected chi connectivity index (χ4v) is 4.12. The van der Waals surface area contributed by atoms with Crippen molar-refractivity contribution in [2.75, 3.05) is 0 Å². The molecule has 5 heteroatoms. The van der Waals surface area contributed by atoms with Crippen LogP contribution >= 0.6 is 23.6 Å². The predicted octanol–water partition coefficient (Wildman–Crippen LogP) is 7.95. The van der Waals surface area contributed by atoms with Crippen LogP contribution in [0.1, 0.15) is 47.9 Å². The molecule has 0 saturated heterocycles. The maximum atomic E-state index is 14.6. The van der Waals surface area contributed by atoms with Crippen LogP contribution in [-0.2, 0) is 6.42 Å². The first kappa shape index (κ1) is 22.1. The zero-order valence-corrected chi connectivity index (χ0v) is 18.3. The summed E-state index contributed by atoms with van der Waals surface area (Å²) in [4.78, 5) is 6.04. The first-order valence-electron chi connectivity index (χ1n) is 9.88. The van der Waals surface area contributed by atoms with E-state index < -0.39 is 11.6 Å².